The van der Waals surface area contributed by atoms with Crippen LogP contribution in [0.3, 0.4) is 0 Å². The fourth-order valence-electron chi connectivity index (χ4n) is 2.78. The van der Waals surface area contributed by atoms with Crippen molar-refractivity contribution >= 4 is 9.84 Å². The minimum absolute atomic E-state index is 0.0449. The maximum Gasteiger partial charge on any atom is 0.173 e. The first kappa shape index (κ1) is 16.8. The summed E-state index contributed by atoms with van der Waals surface area (Å²) in [7, 11) is -3.23. The molecule has 126 valence electrons. The molecule has 0 bridgehead atoms. The van der Waals surface area contributed by atoms with Crippen LogP contribution >= 0.6 is 0 Å². The van der Waals surface area contributed by atoms with Gasteiger partial charge in [0.05, 0.1) is 5.75 Å². The molecule has 0 saturated carbocycles. The zero-order valence-corrected chi connectivity index (χ0v) is 13.7. The molecule has 2 aromatic carbocycles. The van der Waals surface area contributed by atoms with Crippen LogP contribution in [0.4, 0.5) is 8.78 Å². The Morgan fingerprint density at radius 1 is 1.00 bits per heavy atom. The number of halogens is 2. The molecule has 0 amide bonds. The Balaban J connectivity index is 1.87. The SMILES string of the molecule is O=S1(=O)C=C[C@@H](N(Cc2ccccc2)Cc2cccc(F)c2F)C1. The fraction of sp³-hybridized carbons (Fsp3) is 0.222. The molecule has 1 aliphatic rings. The minimum atomic E-state index is -3.23. The largest absolute Gasteiger partial charge is 0.287 e. The van der Waals surface area contributed by atoms with Crippen molar-refractivity contribution in [2.45, 2.75) is 19.1 Å². The Morgan fingerprint density at radius 2 is 1.75 bits per heavy atom. The number of sulfone groups is 1. The molecule has 3 nitrogen and oxygen atoms in total. The van der Waals surface area contributed by atoms with E-state index in [2.05, 4.69) is 0 Å². The van der Waals surface area contributed by atoms with Crippen molar-refractivity contribution in [3.8, 4) is 0 Å². The van der Waals surface area contributed by atoms with Gasteiger partial charge in [0.25, 0.3) is 0 Å². The van der Waals surface area contributed by atoms with Gasteiger partial charge in [0.1, 0.15) is 0 Å². The highest BCUT2D eigenvalue weighted by Gasteiger charge is 2.28. The lowest BCUT2D eigenvalue weighted by Gasteiger charge is -2.27. The Bertz CT molecular complexity index is 851. The molecule has 3 rings (SSSR count). The first-order chi connectivity index (χ1) is 11.4. The maximum absolute atomic E-state index is 14.0. The molecule has 0 unspecified atom stereocenters. The van der Waals surface area contributed by atoms with Crippen LogP contribution in [-0.4, -0.2) is 25.1 Å². The number of benzene rings is 2. The highest BCUT2D eigenvalue weighted by atomic mass is 32.2. The summed E-state index contributed by atoms with van der Waals surface area (Å²) in [5.74, 6) is -1.83. The second-order valence-corrected chi connectivity index (χ2v) is 7.76. The Labute approximate surface area is 140 Å². The van der Waals surface area contributed by atoms with Gasteiger partial charge in [-0.25, -0.2) is 17.2 Å². The van der Waals surface area contributed by atoms with E-state index < -0.39 is 21.5 Å². The van der Waals surface area contributed by atoms with Gasteiger partial charge in [0.2, 0.25) is 0 Å². The summed E-state index contributed by atoms with van der Waals surface area (Å²) in [6, 6.07) is 13.2. The lowest BCUT2D eigenvalue weighted by molar-refractivity contribution is 0.222. The summed E-state index contributed by atoms with van der Waals surface area (Å²) >= 11 is 0. The third-order valence-corrected chi connectivity index (χ3v) is 5.39. The van der Waals surface area contributed by atoms with Crippen molar-refractivity contribution in [1.29, 1.82) is 0 Å². The van der Waals surface area contributed by atoms with Crippen LogP contribution in [0.5, 0.6) is 0 Å². The standard InChI is InChI=1S/C18H17F2NO2S/c19-17-8-4-7-15(18(17)20)12-21(11-14-5-2-1-3-6-14)16-9-10-24(22,23)13-16/h1-10,16H,11-13H2/t16-/m1/s1. The molecule has 0 saturated heterocycles. The monoisotopic (exact) mass is 349 g/mol. The number of nitrogens with zero attached hydrogens (tertiary/aromatic N) is 1. The third-order valence-electron chi connectivity index (χ3n) is 4.01. The van der Waals surface area contributed by atoms with E-state index in [4.69, 9.17) is 0 Å². The molecule has 0 fully saturated rings. The van der Waals surface area contributed by atoms with E-state index in [1.54, 1.807) is 6.08 Å². The Kier molecular flexibility index (Phi) is 4.78. The molecule has 1 atom stereocenters. The van der Waals surface area contributed by atoms with Gasteiger partial charge in [0.15, 0.2) is 21.5 Å². The van der Waals surface area contributed by atoms with Crippen molar-refractivity contribution in [2.75, 3.05) is 5.75 Å². The predicted octanol–water partition coefficient (Wildman–Crippen LogP) is 3.28. The molecule has 2 aromatic rings. The van der Waals surface area contributed by atoms with Crippen molar-refractivity contribution < 1.29 is 17.2 Å². The molecule has 0 radical (unpaired) electrons. The van der Waals surface area contributed by atoms with Gasteiger partial charge in [-0.15, -0.1) is 0 Å². The second-order valence-electron chi connectivity index (χ2n) is 5.83. The topological polar surface area (TPSA) is 37.4 Å². The second kappa shape index (κ2) is 6.83. The molecular weight excluding hydrogens is 332 g/mol. The molecule has 0 N–H and O–H groups in total. The van der Waals surface area contributed by atoms with Crippen molar-refractivity contribution in [1.82, 2.24) is 4.90 Å². The van der Waals surface area contributed by atoms with E-state index in [9.17, 15) is 17.2 Å². The molecular formula is C18H17F2NO2S. The lowest BCUT2D eigenvalue weighted by Crippen LogP contribution is -2.35. The molecule has 24 heavy (non-hydrogen) atoms. The average molecular weight is 349 g/mol. The maximum atomic E-state index is 14.0. The third kappa shape index (κ3) is 3.88. The van der Waals surface area contributed by atoms with Gasteiger partial charge in [0, 0.05) is 30.1 Å². The Morgan fingerprint density at radius 3 is 2.42 bits per heavy atom. The van der Waals surface area contributed by atoms with Gasteiger partial charge in [-0.1, -0.05) is 48.5 Å². The van der Waals surface area contributed by atoms with Crippen LogP contribution in [0.1, 0.15) is 11.1 Å². The average Bonchev–Trinajstić information content (AvgIpc) is 2.92. The molecule has 1 heterocycles. The van der Waals surface area contributed by atoms with Crippen LogP contribution < -0.4 is 0 Å². The smallest absolute Gasteiger partial charge is 0.173 e. The van der Waals surface area contributed by atoms with Crippen LogP contribution in [0.25, 0.3) is 0 Å². The van der Waals surface area contributed by atoms with E-state index in [1.165, 1.54) is 17.5 Å². The first-order valence-corrected chi connectivity index (χ1v) is 9.28. The van der Waals surface area contributed by atoms with Gasteiger partial charge >= 0.3 is 0 Å². The summed E-state index contributed by atoms with van der Waals surface area (Å²) < 4.78 is 50.9. The number of hydrogen-bond acceptors (Lipinski definition) is 3. The van der Waals surface area contributed by atoms with Crippen molar-refractivity contribution in [2.24, 2.45) is 0 Å². The summed E-state index contributed by atoms with van der Waals surface area (Å²) in [6.45, 7) is 0.574. The van der Waals surface area contributed by atoms with E-state index in [1.807, 2.05) is 35.2 Å². The van der Waals surface area contributed by atoms with E-state index in [0.717, 1.165) is 11.6 Å². The predicted molar refractivity (Wildman–Crippen MR) is 88.8 cm³/mol. The fourth-order valence-corrected chi connectivity index (χ4v) is 4.11. The van der Waals surface area contributed by atoms with Crippen LogP contribution in [0, 0.1) is 11.6 Å². The zero-order chi connectivity index (χ0) is 17.2. The van der Waals surface area contributed by atoms with Crippen molar-refractivity contribution in [3.05, 3.63) is 82.8 Å². The quantitative estimate of drug-likeness (QED) is 0.831. The molecule has 1 aliphatic heterocycles. The van der Waals surface area contributed by atoms with E-state index in [0.29, 0.717) is 6.54 Å². The molecule has 6 heteroatoms. The number of rotatable bonds is 5. The first-order valence-electron chi connectivity index (χ1n) is 7.56. The van der Waals surface area contributed by atoms with E-state index >= 15 is 0 Å². The number of hydrogen-bond donors (Lipinski definition) is 0. The van der Waals surface area contributed by atoms with Gasteiger partial charge < -0.3 is 0 Å². The van der Waals surface area contributed by atoms with Gasteiger partial charge in [-0.2, -0.15) is 0 Å². The van der Waals surface area contributed by atoms with Gasteiger partial charge in [-0.05, 0) is 11.6 Å². The summed E-state index contributed by atoms with van der Waals surface area (Å²) in [4.78, 5) is 1.84. The zero-order valence-electron chi connectivity index (χ0n) is 12.9. The Hall–Kier alpha value is -2.05. The summed E-state index contributed by atoms with van der Waals surface area (Å²) in [5.41, 5.74) is 1.19. The molecule has 0 spiro atoms. The van der Waals surface area contributed by atoms with Crippen LogP contribution in [-0.2, 0) is 22.9 Å². The summed E-state index contributed by atoms with van der Waals surface area (Å²) in [5, 5.41) is 1.19. The van der Waals surface area contributed by atoms with Crippen molar-refractivity contribution in [3.63, 3.8) is 0 Å². The summed E-state index contributed by atoms with van der Waals surface area (Å²) in [6.07, 6.45) is 1.61. The highest BCUT2D eigenvalue weighted by molar-refractivity contribution is 7.94. The highest BCUT2D eigenvalue weighted by Crippen LogP contribution is 2.22. The van der Waals surface area contributed by atoms with Crippen LogP contribution in [0.2, 0.25) is 0 Å². The lowest BCUT2D eigenvalue weighted by atomic mass is 10.1. The molecule has 0 aromatic heterocycles. The van der Waals surface area contributed by atoms with Crippen LogP contribution in [0.15, 0.2) is 60.0 Å². The minimum Gasteiger partial charge on any atom is -0.287 e. The normalized spacial score (nSPS) is 19.0. The molecule has 0 aliphatic carbocycles. The van der Waals surface area contributed by atoms with E-state index in [-0.39, 0.29) is 23.9 Å². The van der Waals surface area contributed by atoms with Gasteiger partial charge in [-0.3, -0.25) is 4.90 Å².